The second-order valence-corrected chi connectivity index (χ2v) is 3.01. The van der Waals surface area contributed by atoms with E-state index in [1.165, 1.54) is 11.8 Å². The molecule has 0 bridgehead atoms. The van der Waals surface area contributed by atoms with Crippen molar-refractivity contribution >= 4 is 25.0 Å². The van der Waals surface area contributed by atoms with E-state index in [0.717, 1.165) is 0 Å². The predicted octanol–water partition coefficient (Wildman–Crippen LogP) is 0.780. The Morgan fingerprint density at radius 1 is 1.50 bits per heavy atom. The van der Waals surface area contributed by atoms with Gasteiger partial charge in [0.1, 0.15) is 0 Å². The number of ether oxygens (including phenoxy) is 1. The number of esters is 1. The SMILES string of the molecule is CCOC(=O)C([NH3+])SC.F[B-](F)(F)F. The van der Waals surface area contributed by atoms with Crippen LogP contribution in [0.3, 0.4) is 0 Å². The first-order valence-corrected chi connectivity index (χ1v) is 4.91. The summed E-state index contributed by atoms with van der Waals surface area (Å²) in [6.07, 6.45) is 1.83. The molecule has 0 spiro atoms. The second kappa shape index (κ2) is 7.92. The number of hydrogen-bond acceptors (Lipinski definition) is 3. The third-order valence-corrected chi connectivity index (χ3v) is 1.60. The van der Waals surface area contributed by atoms with Crippen LogP contribution in [0, 0.1) is 0 Å². The van der Waals surface area contributed by atoms with E-state index in [4.69, 9.17) is 0 Å². The molecule has 3 N–H and O–H groups in total. The molecule has 14 heavy (non-hydrogen) atoms. The van der Waals surface area contributed by atoms with Crippen LogP contribution in [-0.4, -0.2) is 31.5 Å². The van der Waals surface area contributed by atoms with Crippen LogP contribution in [-0.2, 0) is 9.53 Å². The van der Waals surface area contributed by atoms with Crippen molar-refractivity contribution in [3.63, 3.8) is 0 Å². The molecule has 0 aliphatic rings. The molecule has 1 atom stereocenters. The van der Waals surface area contributed by atoms with E-state index in [9.17, 15) is 22.1 Å². The zero-order valence-corrected chi connectivity index (χ0v) is 8.62. The van der Waals surface area contributed by atoms with E-state index in [1.54, 1.807) is 6.92 Å². The molecule has 0 saturated carbocycles. The first-order valence-electron chi connectivity index (χ1n) is 3.62. The van der Waals surface area contributed by atoms with Gasteiger partial charge in [-0.05, 0) is 13.2 Å². The van der Waals surface area contributed by atoms with E-state index in [-0.39, 0.29) is 11.3 Å². The van der Waals surface area contributed by atoms with Crippen molar-refractivity contribution in [2.24, 2.45) is 0 Å². The minimum atomic E-state index is -6.00. The Balaban J connectivity index is 0. The van der Waals surface area contributed by atoms with Crippen LogP contribution in [0.15, 0.2) is 0 Å². The van der Waals surface area contributed by atoms with Crippen molar-refractivity contribution in [2.75, 3.05) is 12.9 Å². The topological polar surface area (TPSA) is 53.9 Å². The molecule has 0 aromatic carbocycles. The fourth-order valence-corrected chi connectivity index (χ4v) is 0.592. The maximum atomic E-state index is 10.7. The molecule has 0 amide bonds. The van der Waals surface area contributed by atoms with Crippen LogP contribution in [0.4, 0.5) is 17.3 Å². The zero-order chi connectivity index (χ0) is 11.8. The second-order valence-electron chi connectivity index (χ2n) is 1.97. The predicted molar refractivity (Wildman–Crippen MR) is 47.0 cm³/mol. The molecule has 86 valence electrons. The standard InChI is InChI=1S/C5H11NO2S.BF4/c1-3-8-5(7)4(6)9-2;2-1(3,4)5/h4H,3,6H2,1-2H3;/q;-1/p+1. The molecule has 0 rings (SSSR count). The lowest BCUT2D eigenvalue weighted by atomic mass is 10.3. The molecule has 0 radical (unpaired) electrons. The molecule has 0 aliphatic heterocycles. The van der Waals surface area contributed by atoms with Crippen LogP contribution in [0.2, 0.25) is 0 Å². The van der Waals surface area contributed by atoms with Gasteiger partial charge in [-0.3, -0.25) is 0 Å². The molecule has 0 heterocycles. The molecule has 0 aromatic heterocycles. The molecule has 3 nitrogen and oxygen atoms in total. The smallest absolute Gasteiger partial charge is 0.461 e. The molecule has 0 aliphatic carbocycles. The lowest BCUT2D eigenvalue weighted by molar-refractivity contribution is -0.376. The number of carbonyl (C=O) groups excluding carboxylic acids is 1. The summed E-state index contributed by atoms with van der Waals surface area (Å²) in [6, 6.07) is 0. The fraction of sp³-hybridized carbons (Fsp3) is 0.800. The van der Waals surface area contributed by atoms with Crippen molar-refractivity contribution < 1.29 is 32.5 Å². The summed E-state index contributed by atoms with van der Waals surface area (Å²) < 4.78 is 43.7. The maximum Gasteiger partial charge on any atom is 0.673 e. The summed E-state index contributed by atoms with van der Waals surface area (Å²) in [5, 5.41) is -0.273. The van der Waals surface area contributed by atoms with Gasteiger partial charge in [-0.15, -0.1) is 0 Å². The summed E-state index contributed by atoms with van der Waals surface area (Å²) in [4.78, 5) is 10.7. The molecule has 9 heteroatoms. The Labute approximate surface area is 83.5 Å². The van der Waals surface area contributed by atoms with Gasteiger partial charge in [-0.25, -0.2) is 4.79 Å². The Kier molecular flexibility index (Phi) is 9.06. The van der Waals surface area contributed by atoms with E-state index in [0.29, 0.717) is 6.61 Å². The van der Waals surface area contributed by atoms with Crippen molar-refractivity contribution in [3.05, 3.63) is 0 Å². The average Bonchev–Trinajstić information content (AvgIpc) is 2.00. The van der Waals surface area contributed by atoms with Crippen LogP contribution in [0.5, 0.6) is 0 Å². The van der Waals surface area contributed by atoms with Crippen molar-refractivity contribution in [2.45, 2.75) is 12.3 Å². The minimum Gasteiger partial charge on any atom is -0.461 e. The van der Waals surface area contributed by atoms with Crippen molar-refractivity contribution in [3.8, 4) is 0 Å². The average molecular weight is 237 g/mol. The summed E-state index contributed by atoms with van der Waals surface area (Å²) >= 11 is 1.39. The maximum absolute atomic E-state index is 10.7. The van der Waals surface area contributed by atoms with Gasteiger partial charge in [0.2, 0.25) is 5.37 Å². The van der Waals surface area contributed by atoms with Crippen molar-refractivity contribution in [1.82, 2.24) is 0 Å². The van der Waals surface area contributed by atoms with Crippen LogP contribution in [0.1, 0.15) is 6.92 Å². The van der Waals surface area contributed by atoms with Gasteiger partial charge in [-0.1, -0.05) is 11.8 Å². The van der Waals surface area contributed by atoms with Crippen LogP contribution < -0.4 is 5.73 Å². The highest BCUT2D eigenvalue weighted by molar-refractivity contribution is 7.99. The number of thioether (sulfide) groups is 1. The minimum absolute atomic E-state index is 0.231. The summed E-state index contributed by atoms with van der Waals surface area (Å²) in [7, 11) is -6.00. The Hall–Kier alpha value is -0.435. The summed E-state index contributed by atoms with van der Waals surface area (Å²) in [5.74, 6) is -0.231. The highest BCUT2D eigenvalue weighted by Gasteiger charge is 2.20. The summed E-state index contributed by atoms with van der Waals surface area (Å²) in [6.45, 7) is 2.22. The molecule has 0 saturated heterocycles. The van der Waals surface area contributed by atoms with Gasteiger partial charge in [0.05, 0.1) is 6.61 Å². The van der Waals surface area contributed by atoms with Gasteiger partial charge in [0.25, 0.3) is 0 Å². The van der Waals surface area contributed by atoms with Crippen LogP contribution in [0.25, 0.3) is 0 Å². The highest BCUT2D eigenvalue weighted by atomic mass is 32.2. The van der Waals surface area contributed by atoms with E-state index in [1.807, 2.05) is 6.26 Å². The van der Waals surface area contributed by atoms with Gasteiger partial charge in [0, 0.05) is 0 Å². The molecule has 0 fully saturated rings. The first kappa shape index (κ1) is 16.0. The normalized spacial score (nSPS) is 12.5. The zero-order valence-electron chi connectivity index (χ0n) is 7.81. The lowest BCUT2D eigenvalue weighted by Crippen LogP contribution is -2.63. The Bertz CT molecular complexity index is 162. The van der Waals surface area contributed by atoms with Crippen molar-refractivity contribution in [1.29, 1.82) is 0 Å². The van der Waals surface area contributed by atoms with Gasteiger partial charge < -0.3 is 27.7 Å². The van der Waals surface area contributed by atoms with Gasteiger partial charge >= 0.3 is 13.2 Å². The van der Waals surface area contributed by atoms with E-state index >= 15 is 0 Å². The Morgan fingerprint density at radius 2 is 1.86 bits per heavy atom. The number of halogens is 4. The number of carbonyl (C=O) groups is 1. The third kappa shape index (κ3) is 17.6. The largest absolute Gasteiger partial charge is 0.673 e. The summed E-state index contributed by atoms with van der Waals surface area (Å²) in [5.41, 5.74) is 3.56. The van der Waals surface area contributed by atoms with E-state index < -0.39 is 7.25 Å². The highest BCUT2D eigenvalue weighted by Crippen LogP contribution is 2.06. The monoisotopic (exact) mass is 237 g/mol. The third-order valence-electron chi connectivity index (χ3n) is 0.834. The quantitative estimate of drug-likeness (QED) is 0.341. The fourth-order valence-electron chi connectivity index (χ4n) is 0.331. The molecule has 0 aromatic rings. The molecule has 1 unspecified atom stereocenters. The van der Waals surface area contributed by atoms with Crippen LogP contribution >= 0.6 is 11.8 Å². The lowest BCUT2D eigenvalue weighted by Gasteiger charge is -2.02. The molecular weight excluding hydrogens is 225 g/mol. The first-order chi connectivity index (χ1) is 6.22. The number of quaternary nitrogens is 1. The van der Waals surface area contributed by atoms with Gasteiger partial charge in [0.15, 0.2) is 0 Å². The van der Waals surface area contributed by atoms with E-state index in [2.05, 4.69) is 10.5 Å². The Morgan fingerprint density at radius 3 is 2.07 bits per heavy atom. The molecular formula is C5H12BF4NO2S. The van der Waals surface area contributed by atoms with Gasteiger partial charge in [-0.2, -0.15) is 0 Å². The number of rotatable bonds is 3. The number of hydrogen-bond donors (Lipinski definition) is 1.